The zero-order valence-corrected chi connectivity index (χ0v) is 18.8. The Morgan fingerprint density at radius 3 is 2.53 bits per heavy atom. The molecule has 1 amide bonds. The third-order valence-corrected chi connectivity index (χ3v) is 7.87. The molecule has 8 heteroatoms. The van der Waals surface area contributed by atoms with E-state index in [-0.39, 0.29) is 29.0 Å². The molecule has 1 N–H and O–H groups in total. The molecule has 0 saturated heterocycles. The maximum Gasteiger partial charge on any atom is 0.338 e. The summed E-state index contributed by atoms with van der Waals surface area (Å²) in [5, 5.41) is 2.93. The average Bonchev–Trinajstić information content (AvgIpc) is 3.09. The molecule has 2 aromatic rings. The molecule has 0 atom stereocenters. The van der Waals surface area contributed by atoms with E-state index in [2.05, 4.69) is 5.32 Å². The Morgan fingerprint density at radius 2 is 1.75 bits per heavy atom. The lowest BCUT2D eigenvalue weighted by atomic mass is 10.1. The molecule has 0 bridgehead atoms. The van der Waals surface area contributed by atoms with Crippen LogP contribution in [0.25, 0.3) is 0 Å². The number of nitrogens with zero attached hydrogens (tertiary/aromatic N) is 1. The number of carbonyl (C=O) groups is 2. The van der Waals surface area contributed by atoms with Crippen molar-refractivity contribution in [2.45, 2.75) is 55.9 Å². The zero-order valence-electron chi connectivity index (χ0n) is 18.0. The number of amides is 1. The second-order valence-electron chi connectivity index (χ2n) is 8.32. The SMILES string of the molecule is O=C(COC(=O)c1cccc(S(=O)(=O)N2CCc3ccccc32)c1)NC1CCCCCC1. The van der Waals surface area contributed by atoms with Crippen LogP contribution in [0.5, 0.6) is 0 Å². The minimum Gasteiger partial charge on any atom is -0.452 e. The molecule has 2 aromatic carbocycles. The second-order valence-corrected chi connectivity index (χ2v) is 10.2. The molecule has 0 unspecified atom stereocenters. The number of carbonyl (C=O) groups excluding carboxylic acids is 2. The number of para-hydroxylation sites is 1. The number of benzene rings is 2. The van der Waals surface area contributed by atoms with Crippen LogP contribution in [-0.4, -0.2) is 39.5 Å². The number of sulfonamides is 1. The summed E-state index contributed by atoms with van der Waals surface area (Å²) in [4.78, 5) is 24.7. The zero-order chi connectivity index (χ0) is 22.6. The number of esters is 1. The lowest BCUT2D eigenvalue weighted by Gasteiger charge is -2.20. The molecule has 0 aromatic heterocycles. The smallest absolute Gasteiger partial charge is 0.338 e. The third-order valence-electron chi connectivity index (χ3n) is 6.06. The summed E-state index contributed by atoms with van der Waals surface area (Å²) in [5.41, 5.74) is 1.74. The van der Waals surface area contributed by atoms with Gasteiger partial charge in [0.2, 0.25) is 0 Å². The Balaban J connectivity index is 1.40. The summed E-state index contributed by atoms with van der Waals surface area (Å²) >= 11 is 0. The van der Waals surface area contributed by atoms with Gasteiger partial charge in [0.25, 0.3) is 15.9 Å². The lowest BCUT2D eigenvalue weighted by molar-refractivity contribution is -0.125. The summed E-state index contributed by atoms with van der Waals surface area (Å²) < 4.78 is 32.9. The van der Waals surface area contributed by atoms with Crippen molar-refractivity contribution in [1.29, 1.82) is 0 Å². The lowest BCUT2D eigenvalue weighted by Crippen LogP contribution is -2.37. The maximum atomic E-state index is 13.2. The van der Waals surface area contributed by atoms with Crippen LogP contribution in [0.15, 0.2) is 53.4 Å². The van der Waals surface area contributed by atoms with Gasteiger partial charge in [0.05, 0.1) is 16.1 Å². The van der Waals surface area contributed by atoms with Gasteiger partial charge in [-0.25, -0.2) is 13.2 Å². The molecule has 1 saturated carbocycles. The fourth-order valence-electron chi connectivity index (χ4n) is 4.38. The van der Waals surface area contributed by atoms with Gasteiger partial charge in [-0.1, -0.05) is 49.9 Å². The number of fused-ring (bicyclic) bond motifs is 1. The van der Waals surface area contributed by atoms with Gasteiger partial charge in [-0.15, -0.1) is 0 Å². The number of anilines is 1. The van der Waals surface area contributed by atoms with E-state index >= 15 is 0 Å². The first kappa shape index (κ1) is 22.3. The number of ether oxygens (including phenoxy) is 1. The quantitative estimate of drug-likeness (QED) is 0.531. The largest absolute Gasteiger partial charge is 0.452 e. The summed E-state index contributed by atoms with van der Waals surface area (Å²) in [6.45, 7) is -0.0243. The standard InChI is InChI=1S/C24H28N2O5S/c27-23(25-20-10-3-1-2-4-11-20)17-31-24(28)19-9-7-12-21(16-19)32(29,30)26-15-14-18-8-5-6-13-22(18)26/h5-9,12-13,16,20H,1-4,10-11,14-15,17H2,(H,25,27). The summed E-state index contributed by atoms with van der Waals surface area (Å²) in [5.74, 6) is -1.05. The minimum atomic E-state index is -3.82. The van der Waals surface area contributed by atoms with E-state index in [4.69, 9.17) is 4.74 Å². The van der Waals surface area contributed by atoms with Crippen molar-refractivity contribution in [1.82, 2.24) is 5.32 Å². The van der Waals surface area contributed by atoms with Crippen molar-refractivity contribution in [3.63, 3.8) is 0 Å². The van der Waals surface area contributed by atoms with Crippen molar-refractivity contribution in [3.8, 4) is 0 Å². The highest BCUT2D eigenvalue weighted by atomic mass is 32.2. The number of hydrogen-bond donors (Lipinski definition) is 1. The molecule has 2 aliphatic rings. The highest BCUT2D eigenvalue weighted by molar-refractivity contribution is 7.92. The highest BCUT2D eigenvalue weighted by Gasteiger charge is 2.31. The van der Waals surface area contributed by atoms with Crippen molar-refractivity contribution < 1.29 is 22.7 Å². The van der Waals surface area contributed by atoms with Crippen LogP contribution in [0.2, 0.25) is 0 Å². The molecular formula is C24H28N2O5S. The van der Waals surface area contributed by atoms with Gasteiger partial charge in [0.15, 0.2) is 6.61 Å². The first-order chi connectivity index (χ1) is 15.4. The van der Waals surface area contributed by atoms with Gasteiger partial charge in [0.1, 0.15) is 0 Å². The molecular weight excluding hydrogens is 428 g/mol. The molecule has 170 valence electrons. The van der Waals surface area contributed by atoms with E-state index in [1.54, 1.807) is 12.1 Å². The topological polar surface area (TPSA) is 92.8 Å². The van der Waals surface area contributed by atoms with Crippen LogP contribution in [0, 0.1) is 0 Å². The molecule has 4 rings (SSSR count). The van der Waals surface area contributed by atoms with Crippen LogP contribution in [0.1, 0.15) is 54.4 Å². The second kappa shape index (κ2) is 9.73. The molecule has 7 nitrogen and oxygen atoms in total. The summed E-state index contributed by atoms with van der Waals surface area (Å²) in [6.07, 6.45) is 7.08. The molecule has 1 fully saturated rings. The predicted molar refractivity (Wildman–Crippen MR) is 121 cm³/mol. The molecule has 32 heavy (non-hydrogen) atoms. The monoisotopic (exact) mass is 456 g/mol. The first-order valence-electron chi connectivity index (χ1n) is 11.1. The fourth-order valence-corrected chi connectivity index (χ4v) is 5.93. The number of rotatable bonds is 6. The minimum absolute atomic E-state index is 0.0200. The maximum absolute atomic E-state index is 13.2. The van der Waals surface area contributed by atoms with E-state index < -0.39 is 16.0 Å². The van der Waals surface area contributed by atoms with Crippen LogP contribution in [0.4, 0.5) is 5.69 Å². The third kappa shape index (κ3) is 4.96. The van der Waals surface area contributed by atoms with E-state index in [1.807, 2.05) is 12.1 Å². The Bertz CT molecular complexity index is 1090. The van der Waals surface area contributed by atoms with Crippen LogP contribution in [0.3, 0.4) is 0 Å². The first-order valence-corrected chi connectivity index (χ1v) is 12.6. The van der Waals surface area contributed by atoms with Gasteiger partial charge in [0, 0.05) is 12.6 Å². The van der Waals surface area contributed by atoms with E-state index in [0.717, 1.165) is 31.2 Å². The molecule has 1 heterocycles. The predicted octanol–water partition coefficient (Wildman–Crippen LogP) is 3.43. The number of hydrogen-bond acceptors (Lipinski definition) is 5. The van der Waals surface area contributed by atoms with Gasteiger partial charge >= 0.3 is 5.97 Å². The van der Waals surface area contributed by atoms with Gasteiger partial charge in [-0.2, -0.15) is 0 Å². The van der Waals surface area contributed by atoms with Crippen molar-refractivity contribution in [3.05, 3.63) is 59.7 Å². The average molecular weight is 457 g/mol. The molecule has 0 spiro atoms. The molecule has 1 aliphatic carbocycles. The van der Waals surface area contributed by atoms with Gasteiger partial charge in [-0.05, 0) is 49.1 Å². The number of nitrogens with one attached hydrogen (secondary N) is 1. The van der Waals surface area contributed by atoms with Crippen molar-refractivity contribution >= 4 is 27.6 Å². The molecule has 1 aliphatic heterocycles. The van der Waals surface area contributed by atoms with Crippen molar-refractivity contribution in [2.75, 3.05) is 17.5 Å². The van der Waals surface area contributed by atoms with E-state index in [9.17, 15) is 18.0 Å². The van der Waals surface area contributed by atoms with Crippen LogP contribution in [-0.2, 0) is 26.0 Å². The molecule has 0 radical (unpaired) electrons. The Hall–Kier alpha value is -2.87. The van der Waals surface area contributed by atoms with Gasteiger partial charge in [-0.3, -0.25) is 9.10 Å². The normalized spacial score (nSPS) is 16.8. The summed E-state index contributed by atoms with van der Waals surface area (Å²) in [7, 11) is -3.82. The van der Waals surface area contributed by atoms with E-state index in [0.29, 0.717) is 18.7 Å². The van der Waals surface area contributed by atoms with Crippen LogP contribution < -0.4 is 9.62 Å². The fraction of sp³-hybridized carbons (Fsp3) is 0.417. The Kier molecular flexibility index (Phi) is 6.79. The van der Waals surface area contributed by atoms with Gasteiger partial charge < -0.3 is 10.1 Å². The Labute approximate surface area is 188 Å². The Morgan fingerprint density at radius 1 is 1.00 bits per heavy atom. The van der Waals surface area contributed by atoms with Crippen LogP contribution >= 0.6 is 0 Å². The van der Waals surface area contributed by atoms with E-state index in [1.165, 1.54) is 41.4 Å². The highest BCUT2D eigenvalue weighted by Crippen LogP contribution is 2.32. The summed E-state index contributed by atoms with van der Waals surface area (Å²) in [6, 6.07) is 13.3. The van der Waals surface area contributed by atoms with Crippen molar-refractivity contribution in [2.24, 2.45) is 0 Å².